The molecule has 20 heavy (non-hydrogen) atoms. The first-order valence-corrected chi connectivity index (χ1v) is 5.99. The first-order chi connectivity index (χ1) is 9.36. The summed E-state index contributed by atoms with van der Waals surface area (Å²) >= 11 is 0. The summed E-state index contributed by atoms with van der Waals surface area (Å²) in [6.45, 7) is 0.799. The topological polar surface area (TPSA) is 145 Å². The first kappa shape index (κ1) is 14.9. The average molecular weight is 288 g/mol. The standard InChI is InChI=1S/C11H16N2O7/c1-4-2-13(11(19)12-9(4)18)10-7(17)6(16)8(20-10)5(15)3-14/h2,5-8,10,14-17H,3H2,1H3,(H,12,18,19)/t5-,6-,7+,8+,10+/m0/s1. The number of nitrogens with zero attached hydrogens (tertiary/aromatic N) is 1. The summed E-state index contributed by atoms with van der Waals surface area (Å²) in [6, 6.07) is 0. The van der Waals surface area contributed by atoms with Crippen molar-refractivity contribution in [2.75, 3.05) is 6.61 Å². The average Bonchev–Trinajstić information content (AvgIpc) is 2.70. The van der Waals surface area contributed by atoms with Crippen molar-refractivity contribution in [1.82, 2.24) is 9.55 Å². The zero-order valence-corrected chi connectivity index (χ0v) is 10.6. The van der Waals surface area contributed by atoms with Crippen LogP contribution in [0.3, 0.4) is 0 Å². The predicted octanol–water partition coefficient (Wildman–Crippen LogP) is -3.18. The molecular weight excluding hydrogens is 272 g/mol. The first-order valence-electron chi connectivity index (χ1n) is 5.99. The number of hydrogen-bond donors (Lipinski definition) is 5. The van der Waals surface area contributed by atoms with Gasteiger partial charge in [-0.15, -0.1) is 0 Å². The highest BCUT2D eigenvalue weighted by atomic mass is 16.6. The number of aliphatic hydroxyl groups excluding tert-OH is 4. The molecule has 0 saturated carbocycles. The van der Waals surface area contributed by atoms with Crippen LogP contribution < -0.4 is 11.2 Å². The molecule has 112 valence electrons. The number of hydrogen-bond acceptors (Lipinski definition) is 7. The second-order valence-corrected chi connectivity index (χ2v) is 4.70. The van der Waals surface area contributed by atoms with Crippen LogP contribution in [0.4, 0.5) is 0 Å². The van der Waals surface area contributed by atoms with Crippen LogP contribution >= 0.6 is 0 Å². The van der Waals surface area contributed by atoms with Crippen molar-refractivity contribution in [3.63, 3.8) is 0 Å². The molecule has 9 nitrogen and oxygen atoms in total. The van der Waals surface area contributed by atoms with Gasteiger partial charge in [-0.2, -0.15) is 0 Å². The number of ether oxygens (including phenoxy) is 1. The molecule has 1 aromatic rings. The molecule has 0 amide bonds. The zero-order valence-electron chi connectivity index (χ0n) is 10.6. The molecule has 1 aliphatic rings. The van der Waals surface area contributed by atoms with E-state index in [0.717, 1.165) is 4.57 Å². The molecule has 0 aromatic carbocycles. The van der Waals surface area contributed by atoms with Crippen molar-refractivity contribution in [3.8, 4) is 0 Å². The van der Waals surface area contributed by atoms with Gasteiger partial charge in [-0.3, -0.25) is 14.3 Å². The number of aromatic nitrogens is 2. The van der Waals surface area contributed by atoms with Gasteiger partial charge >= 0.3 is 5.69 Å². The van der Waals surface area contributed by atoms with Gasteiger partial charge in [0.05, 0.1) is 6.61 Å². The molecule has 0 aliphatic carbocycles. The molecular formula is C11H16N2O7. The number of aliphatic hydroxyl groups is 4. The van der Waals surface area contributed by atoms with E-state index in [-0.39, 0.29) is 5.56 Å². The summed E-state index contributed by atoms with van der Waals surface area (Å²) in [6.07, 6.45) is -5.66. The van der Waals surface area contributed by atoms with Gasteiger partial charge in [0.1, 0.15) is 24.4 Å². The maximum Gasteiger partial charge on any atom is 0.330 e. The normalized spacial score (nSPS) is 31.4. The largest absolute Gasteiger partial charge is 0.394 e. The minimum absolute atomic E-state index is 0.223. The van der Waals surface area contributed by atoms with Crippen molar-refractivity contribution in [2.24, 2.45) is 0 Å². The quantitative estimate of drug-likeness (QED) is 0.394. The van der Waals surface area contributed by atoms with Crippen molar-refractivity contribution >= 4 is 0 Å². The van der Waals surface area contributed by atoms with Crippen LogP contribution in [0.25, 0.3) is 0 Å². The minimum atomic E-state index is -1.48. The molecule has 0 unspecified atom stereocenters. The Bertz CT molecular complexity index is 595. The number of aryl methyl sites for hydroxylation is 1. The number of aromatic amines is 1. The van der Waals surface area contributed by atoms with E-state index in [9.17, 15) is 24.9 Å². The lowest BCUT2D eigenvalue weighted by molar-refractivity contribution is -0.0982. The lowest BCUT2D eigenvalue weighted by Gasteiger charge is -2.19. The fraction of sp³-hybridized carbons (Fsp3) is 0.636. The van der Waals surface area contributed by atoms with E-state index < -0.39 is 48.5 Å². The Labute approximate surface area is 112 Å². The lowest BCUT2D eigenvalue weighted by Crippen LogP contribution is -2.40. The Morgan fingerprint density at radius 2 is 2.05 bits per heavy atom. The van der Waals surface area contributed by atoms with E-state index in [4.69, 9.17) is 9.84 Å². The maximum absolute atomic E-state index is 11.7. The minimum Gasteiger partial charge on any atom is -0.394 e. The third-order valence-electron chi connectivity index (χ3n) is 3.26. The van der Waals surface area contributed by atoms with E-state index in [1.165, 1.54) is 13.1 Å². The van der Waals surface area contributed by atoms with Gasteiger partial charge in [0, 0.05) is 11.8 Å². The molecule has 1 aliphatic heterocycles. The Hall–Kier alpha value is -1.52. The van der Waals surface area contributed by atoms with Gasteiger partial charge in [0.2, 0.25) is 0 Å². The zero-order chi connectivity index (χ0) is 15.0. The summed E-state index contributed by atoms with van der Waals surface area (Å²) in [4.78, 5) is 25.0. The number of rotatable bonds is 3. The summed E-state index contributed by atoms with van der Waals surface area (Å²) < 4.78 is 6.16. The SMILES string of the molecule is Cc1cn([C@@H]2O[C@H]([C@@H](O)CO)[C@@H](O)[C@H]2O)c(=O)[nH]c1=O. The molecule has 1 saturated heterocycles. The van der Waals surface area contributed by atoms with Crippen molar-refractivity contribution in [1.29, 1.82) is 0 Å². The Balaban J connectivity index is 2.37. The fourth-order valence-electron chi connectivity index (χ4n) is 2.11. The third-order valence-corrected chi connectivity index (χ3v) is 3.26. The fourth-order valence-corrected chi connectivity index (χ4v) is 2.11. The predicted molar refractivity (Wildman–Crippen MR) is 65.1 cm³/mol. The molecule has 0 spiro atoms. The highest BCUT2D eigenvalue weighted by Crippen LogP contribution is 2.29. The van der Waals surface area contributed by atoms with E-state index in [1.807, 2.05) is 4.98 Å². The van der Waals surface area contributed by atoms with Gasteiger partial charge in [0.25, 0.3) is 5.56 Å². The van der Waals surface area contributed by atoms with E-state index in [1.54, 1.807) is 0 Å². The number of nitrogens with one attached hydrogen (secondary N) is 1. The summed E-state index contributed by atoms with van der Waals surface area (Å²) in [5.74, 6) is 0. The summed E-state index contributed by atoms with van der Waals surface area (Å²) in [5, 5.41) is 38.0. The van der Waals surface area contributed by atoms with E-state index >= 15 is 0 Å². The summed E-state index contributed by atoms with van der Waals surface area (Å²) in [5.41, 5.74) is -1.15. The molecule has 0 bridgehead atoms. The molecule has 9 heteroatoms. The second-order valence-electron chi connectivity index (χ2n) is 4.70. The van der Waals surface area contributed by atoms with Crippen LogP contribution in [0, 0.1) is 6.92 Å². The van der Waals surface area contributed by atoms with Crippen LogP contribution in [0.1, 0.15) is 11.8 Å². The van der Waals surface area contributed by atoms with Crippen LogP contribution in [-0.2, 0) is 4.74 Å². The van der Waals surface area contributed by atoms with Crippen molar-refractivity contribution in [3.05, 3.63) is 32.6 Å². The maximum atomic E-state index is 11.7. The Morgan fingerprint density at radius 1 is 1.40 bits per heavy atom. The van der Waals surface area contributed by atoms with Crippen LogP contribution in [-0.4, -0.2) is 61.0 Å². The van der Waals surface area contributed by atoms with E-state index in [0.29, 0.717) is 0 Å². The highest BCUT2D eigenvalue weighted by molar-refractivity contribution is 5.03. The van der Waals surface area contributed by atoms with Gasteiger partial charge in [-0.1, -0.05) is 0 Å². The van der Waals surface area contributed by atoms with Crippen LogP contribution in [0.5, 0.6) is 0 Å². The summed E-state index contributed by atoms with van der Waals surface area (Å²) in [7, 11) is 0. The molecule has 1 fully saturated rings. The third kappa shape index (κ3) is 2.41. The molecule has 0 radical (unpaired) electrons. The van der Waals surface area contributed by atoms with Crippen molar-refractivity contribution in [2.45, 2.75) is 37.6 Å². The molecule has 2 rings (SSSR count). The van der Waals surface area contributed by atoms with Gasteiger partial charge in [-0.05, 0) is 6.92 Å². The monoisotopic (exact) mass is 288 g/mol. The molecule has 2 heterocycles. The second kappa shape index (κ2) is 5.46. The number of H-pyrrole nitrogens is 1. The molecule has 5 N–H and O–H groups in total. The van der Waals surface area contributed by atoms with Gasteiger partial charge < -0.3 is 25.2 Å². The Morgan fingerprint density at radius 3 is 2.65 bits per heavy atom. The molecule has 1 aromatic heterocycles. The van der Waals surface area contributed by atoms with E-state index in [2.05, 4.69) is 0 Å². The van der Waals surface area contributed by atoms with Gasteiger partial charge in [-0.25, -0.2) is 4.79 Å². The lowest BCUT2D eigenvalue weighted by atomic mass is 10.1. The van der Waals surface area contributed by atoms with Gasteiger partial charge in [0.15, 0.2) is 6.23 Å². The highest BCUT2D eigenvalue weighted by Gasteiger charge is 2.47. The van der Waals surface area contributed by atoms with Crippen LogP contribution in [0.15, 0.2) is 15.8 Å². The smallest absolute Gasteiger partial charge is 0.330 e. The van der Waals surface area contributed by atoms with Crippen LogP contribution in [0.2, 0.25) is 0 Å². The van der Waals surface area contributed by atoms with Crippen molar-refractivity contribution < 1.29 is 25.2 Å². The molecule has 5 atom stereocenters. The Kier molecular flexibility index (Phi) is 4.06.